The number of hydrogen-bond acceptors (Lipinski definition) is 1. The number of unbranched alkanes of at least 4 members (excludes halogenated alkanes) is 5. The molecule has 0 aliphatic carbocycles. The Morgan fingerprint density at radius 1 is 0.947 bits per heavy atom. The zero-order valence-electron chi connectivity index (χ0n) is 14.3. The van der Waals surface area contributed by atoms with Crippen molar-refractivity contribution in [1.29, 1.82) is 0 Å². The van der Waals surface area contributed by atoms with Crippen molar-refractivity contribution in [2.45, 2.75) is 78.2 Å². The van der Waals surface area contributed by atoms with Crippen LogP contribution in [-0.4, -0.2) is 39.7 Å². The number of quaternary nitrogens is 1. The molecule has 0 spiro atoms. The second-order valence-electron chi connectivity index (χ2n) is 7.10. The molecule has 2 nitrogen and oxygen atoms in total. The van der Waals surface area contributed by atoms with Crippen molar-refractivity contribution >= 4 is 8.32 Å². The second kappa shape index (κ2) is 10.2. The third-order valence-electron chi connectivity index (χ3n) is 3.60. The molecule has 1 atom stereocenters. The minimum absolute atomic E-state index is 0. The molecule has 0 N–H and O–H groups in total. The molecule has 0 aliphatic rings. The topological polar surface area (TPSA) is 9.23 Å². The summed E-state index contributed by atoms with van der Waals surface area (Å²) in [5.41, 5.74) is 0. The van der Waals surface area contributed by atoms with Gasteiger partial charge in [-0.25, -0.2) is 0 Å². The fourth-order valence-corrected chi connectivity index (χ4v) is 3.44. The molecule has 0 saturated heterocycles. The van der Waals surface area contributed by atoms with Crippen LogP contribution in [0.15, 0.2) is 0 Å². The Morgan fingerprint density at radius 3 is 1.89 bits per heavy atom. The van der Waals surface area contributed by atoms with Crippen molar-refractivity contribution in [1.82, 2.24) is 0 Å². The fraction of sp³-hybridized carbons (Fsp3) is 1.00. The lowest BCUT2D eigenvalue weighted by Crippen LogP contribution is -3.00. The molecule has 4 heteroatoms. The van der Waals surface area contributed by atoms with Gasteiger partial charge in [0.1, 0.15) is 0 Å². The fourth-order valence-electron chi connectivity index (χ4n) is 2.14. The third kappa shape index (κ3) is 11.9. The predicted octanol–water partition coefficient (Wildman–Crippen LogP) is 1.62. The number of halogens is 1. The van der Waals surface area contributed by atoms with Gasteiger partial charge in [-0.05, 0) is 32.5 Å². The molecule has 0 aromatic heterocycles. The summed E-state index contributed by atoms with van der Waals surface area (Å²) in [5, 5.41) is 0. The van der Waals surface area contributed by atoms with Crippen molar-refractivity contribution < 1.29 is 21.3 Å². The van der Waals surface area contributed by atoms with Gasteiger partial charge in [-0.1, -0.05) is 32.6 Å². The maximum absolute atomic E-state index is 6.21. The van der Waals surface area contributed by atoms with Gasteiger partial charge in [-0.3, -0.25) is 0 Å². The van der Waals surface area contributed by atoms with Crippen LogP contribution in [0.5, 0.6) is 0 Å². The van der Waals surface area contributed by atoms with Crippen LogP contribution >= 0.6 is 0 Å². The Hall–Kier alpha value is 0.427. The van der Waals surface area contributed by atoms with E-state index in [1.165, 1.54) is 45.1 Å². The van der Waals surface area contributed by atoms with Gasteiger partial charge < -0.3 is 21.3 Å². The van der Waals surface area contributed by atoms with Crippen LogP contribution in [0, 0.1) is 0 Å². The summed E-state index contributed by atoms with van der Waals surface area (Å²) in [6.07, 6.45) is 8.57. The van der Waals surface area contributed by atoms with Gasteiger partial charge in [0.05, 0.1) is 20.6 Å². The van der Waals surface area contributed by atoms with E-state index < -0.39 is 8.32 Å². The minimum Gasteiger partial charge on any atom is -1.00 e. The Labute approximate surface area is 129 Å². The van der Waals surface area contributed by atoms with E-state index in [2.05, 4.69) is 47.6 Å². The van der Waals surface area contributed by atoms with E-state index in [0.29, 0.717) is 6.23 Å². The van der Waals surface area contributed by atoms with E-state index in [-0.39, 0.29) is 12.4 Å². The summed E-state index contributed by atoms with van der Waals surface area (Å²) in [7, 11) is 3.19. The molecule has 0 amide bonds. The van der Waals surface area contributed by atoms with Gasteiger partial charge in [0.15, 0.2) is 14.5 Å². The van der Waals surface area contributed by atoms with E-state index in [0.717, 1.165) is 4.48 Å². The highest BCUT2D eigenvalue weighted by atomic mass is 35.5. The highest BCUT2D eigenvalue weighted by Gasteiger charge is 2.29. The van der Waals surface area contributed by atoms with Gasteiger partial charge in [-0.2, -0.15) is 0 Å². The average molecular weight is 310 g/mol. The zero-order valence-corrected chi connectivity index (χ0v) is 16.0. The summed E-state index contributed by atoms with van der Waals surface area (Å²) < 4.78 is 7.21. The van der Waals surface area contributed by atoms with Gasteiger partial charge in [0.25, 0.3) is 0 Å². The Kier molecular flexibility index (Phi) is 11.7. The van der Waals surface area contributed by atoms with Crippen LogP contribution in [-0.2, 0) is 4.43 Å². The van der Waals surface area contributed by atoms with Crippen LogP contribution < -0.4 is 12.4 Å². The molecule has 0 aromatic rings. The highest BCUT2D eigenvalue weighted by Crippen LogP contribution is 2.16. The van der Waals surface area contributed by atoms with Crippen molar-refractivity contribution in [3.8, 4) is 0 Å². The first-order valence-electron chi connectivity index (χ1n) is 7.69. The summed E-state index contributed by atoms with van der Waals surface area (Å²) in [4.78, 5) is 0. The molecule has 118 valence electrons. The molecular formula is C15H36ClNOSi. The molecule has 0 radical (unpaired) electrons. The van der Waals surface area contributed by atoms with Gasteiger partial charge >= 0.3 is 0 Å². The lowest BCUT2D eigenvalue weighted by atomic mass is 10.1. The van der Waals surface area contributed by atoms with E-state index in [1.807, 2.05) is 0 Å². The van der Waals surface area contributed by atoms with E-state index >= 15 is 0 Å². The largest absolute Gasteiger partial charge is 1.00 e. The van der Waals surface area contributed by atoms with Gasteiger partial charge in [0, 0.05) is 6.92 Å². The first-order chi connectivity index (χ1) is 8.19. The van der Waals surface area contributed by atoms with Crippen LogP contribution in [0.2, 0.25) is 19.6 Å². The van der Waals surface area contributed by atoms with Gasteiger partial charge in [0.2, 0.25) is 0 Å². The standard InChI is InChI=1S/C15H36NOSi.ClH/c1-8-9-10-11-12-13-14-16(3,4)15(2)17-18(5,6)7;/h15H,8-14H2,1-7H3;1H/q+1;/p-1. The van der Waals surface area contributed by atoms with E-state index in [4.69, 9.17) is 4.43 Å². The number of nitrogens with zero attached hydrogens (tertiary/aromatic N) is 1. The van der Waals surface area contributed by atoms with Crippen LogP contribution in [0.3, 0.4) is 0 Å². The maximum atomic E-state index is 6.21. The summed E-state index contributed by atoms with van der Waals surface area (Å²) in [6, 6.07) is 0. The normalized spacial score (nSPS) is 14.1. The number of hydrogen-bond donors (Lipinski definition) is 0. The Bertz CT molecular complexity index is 217. The highest BCUT2D eigenvalue weighted by molar-refractivity contribution is 6.69. The average Bonchev–Trinajstić information content (AvgIpc) is 2.20. The molecule has 1 unspecified atom stereocenters. The van der Waals surface area contributed by atoms with Crippen molar-refractivity contribution in [2.24, 2.45) is 0 Å². The molecule has 0 bridgehead atoms. The van der Waals surface area contributed by atoms with Gasteiger partial charge in [-0.15, -0.1) is 0 Å². The lowest BCUT2D eigenvalue weighted by molar-refractivity contribution is -0.932. The smallest absolute Gasteiger partial charge is 0.191 e. The molecular weight excluding hydrogens is 274 g/mol. The molecule has 0 rings (SSSR count). The predicted molar refractivity (Wildman–Crippen MR) is 84.2 cm³/mol. The molecule has 19 heavy (non-hydrogen) atoms. The van der Waals surface area contributed by atoms with Crippen molar-refractivity contribution in [2.75, 3.05) is 20.6 Å². The van der Waals surface area contributed by atoms with Crippen LogP contribution in [0.4, 0.5) is 0 Å². The van der Waals surface area contributed by atoms with Crippen molar-refractivity contribution in [3.63, 3.8) is 0 Å². The lowest BCUT2D eigenvalue weighted by Gasteiger charge is -2.38. The molecule has 0 aliphatic heterocycles. The minimum atomic E-state index is -1.41. The van der Waals surface area contributed by atoms with E-state index in [9.17, 15) is 0 Å². The zero-order chi connectivity index (χ0) is 14.2. The molecule has 0 saturated carbocycles. The maximum Gasteiger partial charge on any atom is 0.191 e. The number of rotatable bonds is 10. The Morgan fingerprint density at radius 2 is 1.42 bits per heavy atom. The second-order valence-corrected chi connectivity index (χ2v) is 11.6. The van der Waals surface area contributed by atoms with E-state index in [1.54, 1.807) is 0 Å². The summed E-state index contributed by atoms with van der Waals surface area (Å²) >= 11 is 0. The molecule has 0 fully saturated rings. The van der Waals surface area contributed by atoms with Crippen LogP contribution in [0.1, 0.15) is 52.4 Å². The monoisotopic (exact) mass is 309 g/mol. The summed E-state index contributed by atoms with van der Waals surface area (Å²) in [6.45, 7) is 12.6. The first kappa shape index (κ1) is 21.7. The van der Waals surface area contributed by atoms with Crippen molar-refractivity contribution in [3.05, 3.63) is 0 Å². The SMILES string of the molecule is CCCCCCCC[N+](C)(C)C(C)O[Si](C)(C)C.[Cl-]. The van der Waals surface area contributed by atoms with Crippen LogP contribution in [0.25, 0.3) is 0 Å². The quantitative estimate of drug-likeness (QED) is 0.258. The third-order valence-corrected chi connectivity index (χ3v) is 4.64. The summed E-state index contributed by atoms with van der Waals surface area (Å²) in [5.74, 6) is 0. The molecule has 0 heterocycles. The first-order valence-corrected chi connectivity index (χ1v) is 11.1. The molecule has 0 aromatic carbocycles. The Balaban J connectivity index is 0.